The van der Waals surface area contributed by atoms with Crippen LogP contribution in [0.15, 0.2) is 29.1 Å². The summed E-state index contributed by atoms with van der Waals surface area (Å²) in [6, 6.07) is 7.98. The summed E-state index contributed by atoms with van der Waals surface area (Å²) in [6.07, 6.45) is 13.9. The molecular weight excluding hydrogens is 426 g/mol. The summed E-state index contributed by atoms with van der Waals surface area (Å²) in [5, 5.41) is 9.67. The second-order valence-electron chi connectivity index (χ2n) is 12.0. The topological polar surface area (TPSA) is 75.4 Å². The van der Waals surface area contributed by atoms with E-state index >= 15 is 0 Å². The van der Waals surface area contributed by atoms with E-state index in [0.29, 0.717) is 11.6 Å². The second kappa shape index (κ2) is 8.47. The molecule has 1 aromatic heterocycles. The Hall–Kier alpha value is -2.21. The summed E-state index contributed by atoms with van der Waals surface area (Å²) in [5.74, 6) is 1.46. The molecule has 4 aliphatic rings. The average molecular weight is 464 g/mol. The molecule has 6 rings (SSSR count). The lowest BCUT2D eigenvalue weighted by molar-refractivity contribution is -0.0647. The number of carbonyl (C=O) groups is 1. The molecule has 2 aliphatic carbocycles. The number of carboxylic acid groups (broad SMARTS) is 1. The molecule has 0 spiro atoms. The monoisotopic (exact) mass is 463 g/mol. The predicted octanol–water partition coefficient (Wildman–Crippen LogP) is 5.26. The highest BCUT2D eigenvalue weighted by atomic mass is 16.4. The third-order valence-corrected chi connectivity index (χ3v) is 9.65. The number of hydrogen-bond acceptors (Lipinski definition) is 4. The summed E-state index contributed by atoms with van der Waals surface area (Å²) >= 11 is 0. The summed E-state index contributed by atoms with van der Waals surface area (Å²) in [4.78, 5) is 32.2. The van der Waals surface area contributed by atoms with Gasteiger partial charge in [0.25, 0.3) is 5.56 Å². The van der Waals surface area contributed by atoms with Crippen LogP contribution < -0.4 is 5.56 Å². The fourth-order valence-corrected chi connectivity index (χ4v) is 8.35. The number of fused-ring (bicyclic) bond motifs is 5. The van der Waals surface area contributed by atoms with Crippen LogP contribution in [0.1, 0.15) is 94.1 Å². The first-order valence-electron chi connectivity index (χ1n) is 13.4. The minimum absolute atomic E-state index is 0.00999. The Morgan fingerprint density at radius 2 is 1.82 bits per heavy atom. The summed E-state index contributed by atoms with van der Waals surface area (Å²) in [5.41, 5.74) is 0.603. The van der Waals surface area contributed by atoms with Crippen LogP contribution in [0, 0.1) is 17.8 Å². The first kappa shape index (κ1) is 22.3. The van der Waals surface area contributed by atoms with E-state index in [1.54, 1.807) is 4.57 Å². The van der Waals surface area contributed by atoms with Crippen molar-refractivity contribution in [1.29, 1.82) is 0 Å². The lowest BCUT2D eigenvalue weighted by atomic mass is 9.66. The molecule has 6 nitrogen and oxygen atoms in total. The fourth-order valence-electron chi connectivity index (χ4n) is 8.35. The molecule has 2 saturated carbocycles. The highest BCUT2D eigenvalue weighted by molar-refractivity contribution is 5.88. The van der Waals surface area contributed by atoms with Crippen LogP contribution in [-0.4, -0.2) is 43.7 Å². The number of carboxylic acids is 1. The van der Waals surface area contributed by atoms with Gasteiger partial charge < -0.3 is 9.67 Å². The highest BCUT2D eigenvalue weighted by Crippen LogP contribution is 2.49. The van der Waals surface area contributed by atoms with E-state index < -0.39 is 11.5 Å². The smallest absolute Gasteiger partial charge is 0.360 e. The van der Waals surface area contributed by atoms with Crippen molar-refractivity contribution >= 4 is 17.0 Å². The Morgan fingerprint density at radius 3 is 2.56 bits per heavy atom. The van der Waals surface area contributed by atoms with Gasteiger partial charge in [0.2, 0.25) is 5.69 Å². The van der Waals surface area contributed by atoms with Gasteiger partial charge in [0.1, 0.15) is 0 Å². The van der Waals surface area contributed by atoms with Gasteiger partial charge in [0.15, 0.2) is 0 Å². The van der Waals surface area contributed by atoms with Crippen LogP contribution in [0.25, 0.3) is 11.0 Å². The van der Waals surface area contributed by atoms with Crippen LogP contribution in [0.5, 0.6) is 0 Å². The molecule has 0 radical (unpaired) electrons. The molecule has 2 unspecified atom stereocenters. The van der Waals surface area contributed by atoms with Crippen LogP contribution in [0.2, 0.25) is 0 Å². The Bertz CT molecular complexity index is 1150. The number of piperidine rings is 2. The molecule has 5 atom stereocenters. The van der Waals surface area contributed by atoms with Crippen molar-refractivity contribution in [3.63, 3.8) is 0 Å². The van der Waals surface area contributed by atoms with E-state index in [0.717, 1.165) is 42.5 Å². The van der Waals surface area contributed by atoms with Gasteiger partial charge in [0.05, 0.1) is 11.0 Å². The summed E-state index contributed by atoms with van der Waals surface area (Å²) in [7, 11) is 0. The quantitative estimate of drug-likeness (QED) is 0.669. The summed E-state index contributed by atoms with van der Waals surface area (Å²) < 4.78 is 1.78. The van der Waals surface area contributed by atoms with E-state index in [1.165, 1.54) is 57.9 Å². The van der Waals surface area contributed by atoms with Gasteiger partial charge in [-0.2, -0.15) is 0 Å². The predicted molar refractivity (Wildman–Crippen MR) is 132 cm³/mol. The lowest BCUT2D eigenvalue weighted by Crippen LogP contribution is -2.61. The molecule has 182 valence electrons. The zero-order chi connectivity index (χ0) is 23.4. The van der Waals surface area contributed by atoms with Crippen molar-refractivity contribution in [2.24, 2.45) is 17.8 Å². The fraction of sp³-hybridized carbons (Fsp3) is 0.679. The van der Waals surface area contributed by atoms with Crippen LogP contribution in [0.3, 0.4) is 0 Å². The van der Waals surface area contributed by atoms with Crippen LogP contribution >= 0.6 is 0 Å². The van der Waals surface area contributed by atoms with Crippen molar-refractivity contribution in [2.45, 2.75) is 95.2 Å². The van der Waals surface area contributed by atoms with E-state index in [-0.39, 0.29) is 17.3 Å². The zero-order valence-electron chi connectivity index (χ0n) is 20.3. The number of benzene rings is 1. The molecule has 4 bridgehead atoms. The maximum absolute atomic E-state index is 13.4. The molecule has 1 aromatic carbocycles. The molecule has 3 heterocycles. The largest absolute Gasteiger partial charge is 0.476 e. The second-order valence-corrected chi connectivity index (χ2v) is 12.0. The van der Waals surface area contributed by atoms with Crippen molar-refractivity contribution in [1.82, 2.24) is 14.5 Å². The van der Waals surface area contributed by atoms with E-state index in [9.17, 15) is 14.7 Å². The maximum Gasteiger partial charge on any atom is 0.360 e. The van der Waals surface area contributed by atoms with Crippen molar-refractivity contribution < 1.29 is 9.90 Å². The van der Waals surface area contributed by atoms with E-state index in [4.69, 9.17) is 0 Å². The first-order valence-corrected chi connectivity index (χ1v) is 13.4. The molecule has 1 N–H and O–H groups in total. The van der Waals surface area contributed by atoms with Crippen LogP contribution in [-0.2, 0) is 0 Å². The molecular formula is C28H37N3O3. The molecule has 34 heavy (non-hydrogen) atoms. The molecule has 6 heteroatoms. The molecule has 2 aromatic rings. The third-order valence-electron chi connectivity index (χ3n) is 9.65. The van der Waals surface area contributed by atoms with Crippen LogP contribution in [0.4, 0.5) is 0 Å². The van der Waals surface area contributed by atoms with E-state index in [2.05, 4.69) is 16.8 Å². The molecule has 2 aliphatic heterocycles. The normalized spacial score (nSPS) is 35.9. The number of hydrogen-bond donors (Lipinski definition) is 1. The lowest BCUT2D eigenvalue weighted by Gasteiger charge is -2.57. The molecule has 0 amide bonds. The first-order chi connectivity index (χ1) is 16.4. The Balaban J connectivity index is 1.32. The van der Waals surface area contributed by atoms with Gasteiger partial charge in [0, 0.05) is 24.2 Å². The SMILES string of the molecule is C[C@]12CCC[C@H](C[C@H](n3c(=O)c(C(=O)O)nc4ccccc43)C1)N2CC1CC2CCCC(C2)C1. The zero-order valence-corrected chi connectivity index (χ0v) is 20.3. The van der Waals surface area contributed by atoms with Crippen molar-refractivity contribution in [3.05, 3.63) is 40.3 Å². The Labute approximate surface area is 201 Å². The standard InChI is InChI=1S/C28H37N3O3/c1-28-11-5-8-21(30(28)17-20-13-18-6-4-7-19(12-18)14-20)15-22(16-28)31-24-10-3-2-9-23(24)29-25(26(31)32)27(33)34/h2-3,9-10,18-22H,4-8,11-17H2,1H3,(H,33,34)/t18?,19?,20?,21-,22+,28+/m1/s1. The van der Waals surface area contributed by atoms with Gasteiger partial charge >= 0.3 is 5.97 Å². The van der Waals surface area contributed by atoms with Gasteiger partial charge in [-0.15, -0.1) is 0 Å². The molecule has 4 fully saturated rings. The number of aromatic carboxylic acids is 1. The molecule has 2 saturated heterocycles. The number of nitrogens with zero attached hydrogens (tertiary/aromatic N) is 3. The summed E-state index contributed by atoms with van der Waals surface area (Å²) in [6.45, 7) is 3.61. The van der Waals surface area contributed by atoms with Crippen molar-refractivity contribution in [3.8, 4) is 0 Å². The Kier molecular flexibility index (Phi) is 5.55. The number of rotatable bonds is 4. The Morgan fingerprint density at radius 1 is 1.06 bits per heavy atom. The average Bonchev–Trinajstić information content (AvgIpc) is 2.79. The number of aromatic nitrogens is 2. The minimum atomic E-state index is -1.24. The van der Waals surface area contributed by atoms with Gasteiger partial charge in [-0.1, -0.05) is 37.8 Å². The van der Waals surface area contributed by atoms with Gasteiger partial charge in [-0.3, -0.25) is 9.69 Å². The van der Waals surface area contributed by atoms with Gasteiger partial charge in [-0.05, 0) is 81.8 Å². The third kappa shape index (κ3) is 3.78. The van der Waals surface area contributed by atoms with E-state index in [1.807, 2.05) is 24.3 Å². The maximum atomic E-state index is 13.4. The highest BCUT2D eigenvalue weighted by Gasteiger charge is 2.48. The van der Waals surface area contributed by atoms with Gasteiger partial charge in [-0.25, -0.2) is 9.78 Å². The minimum Gasteiger partial charge on any atom is -0.476 e. The van der Waals surface area contributed by atoms with Crippen molar-refractivity contribution in [2.75, 3.05) is 6.54 Å². The number of para-hydroxylation sites is 2.